The summed E-state index contributed by atoms with van der Waals surface area (Å²) in [5.41, 5.74) is 0.504. The molecule has 0 bridgehead atoms. The van der Waals surface area contributed by atoms with E-state index in [2.05, 4.69) is 0 Å². The molecular weight excluding hydrogens is 228 g/mol. The molecule has 0 amide bonds. The molecular formula is C11H10O4S. The van der Waals surface area contributed by atoms with Gasteiger partial charge in [0.15, 0.2) is 5.78 Å². The summed E-state index contributed by atoms with van der Waals surface area (Å²) in [4.78, 5) is 11.2. The monoisotopic (exact) mass is 238 g/mol. The number of carbonyl (C=O) groups excluding carboxylic acids is 1. The lowest BCUT2D eigenvalue weighted by Crippen LogP contribution is -2.08. The number of benzene rings is 1. The zero-order valence-corrected chi connectivity index (χ0v) is 9.67. The fourth-order valence-electron chi connectivity index (χ4n) is 1.71. The molecule has 0 aliphatic carbocycles. The van der Waals surface area contributed by atoms with Crippen molar-refractivity contribution in [1.29, 1.82) is 0 Å². The first-order chi connectivity index (χ1) is 7.48. The van der Waals surface area contributed by atoms with Gasteiger partial charge in [-0.25, -0.2) is 8.42 Å². The van der Waals surface area contributed by atoms with Crippen LogP contribution >= 0.6 is 0 Å². The van der Waals surface area contributed by atoms with Gasteiger partial charge in [-0.15, -0.1) is 0 Å². The molecule has 4 nitrogen and oxygen atoms in total. The van der Waals surface area contributed by atoms with Crippen LogP contribution in [0.25, 0.3) is 6.08 Å². The molecule has 5 heteroatoms. The van der Waals surface area contributed by atoms with Gasteiger partial charge in [0.25, 0.3) is 0 Å². The number of carbonyl (C=O) groups is 1. The van der Waals surface area contributed by atoms with Gasteiger partial charge in [0.1, 0.15) is 15.6 Å². The molecule has 1 aromatic carbocycles. The number of hydrogen-bond donors (Lipinski definition) is 0. The molecule has 2 rings (SSSR count). The van der Waals surface area contributed by atoms with Crippen LogP contribution in [0.2, 0.25) is 0 Å². The van der Waals surface area contributed by atoms with Crippen LogP contribution in [0.4, 0.5) is 0 Å². The number of sulfone groups is 1. The van der Waals surface area contributed by atoms with E-state index in [1.807, 2.05) is 0 Å². The molecule has 0 saturated carbocycles. The number of hydrogen-bond acceptors (Lipinski definition) is 4. The van der Waals surface area contributed by atoms with Crippen LogP contribution in [0.1, 0.15) is 12.5 Å². The molecule has 0 spiro atoms. The summed E-state index contributed by atoms with van der Waals surface area (Å²) in [6.07, 6.45) is 1.38. The summed E-state index contributed by atoms with van der Waals surface area (Å²) in [5.74, 6) is -0.191. The molecule has 1 aromatic rings. The minimum absolute atomic E-state index is 0.0858. The number of fused-ring (bicyclic) bond motifs is 1. The summed E-state index contributed by atoms with van der Waals surface area (Å²) in [6, 6.07) is 4.89. The third-order valence-electron chi connectivity index (χ3n) is 2.42. The van der Waals surface area contributed by atoms with E-state index >= 15 is 0 Å². The van der Waals surface area contributed by atoms with Gasteiger partial charge in [-0.3, -0.25) is 4.79 Å². The Morgan fingerprint density at radius 2 is 2.00 bits per heavy atom. The van der Waals surface area contributed by atoms with Crippen LogP contribution in [-0.4, -0.2) is 21.3 Å². The smallest absolute Gasteiger partial charge is 0.214 e. The molecule has 0 atom stereocenters. The van der Waals surface area contributed by atoms with Gasteiger partial charge < -0.3 is 4.74 Å². The van der Waals surface area contributed by atoms with E-state index in [1.54, 1.807) is 18.2 Å². The van der Waals surface area contributed by atoms with Crippen molar-refractivity contribution in [2.24, 2.45) is 0 Å². The molecule has 0 N–H and O–H groups in total. The van der Waals surface area contributed by atoms with Crippen molar-refractivity contribution in [3.63, 3.8) is 0 Å². The number of rotatable bonds is 2. The topological polar surface area (TPSA) is 60.4 Å². The summed E-state index contributed by atoms with van der Waals surface area (Å²) in [7, 11) is -2.30. The molecule has 1 aliphatic rings. The largest absolute Gasteiger partial charge is 0.495 e. The predicted molar refractivity (Wildman–Crippen MR) is 58.8 cm³/mol. The Kier molecular flexibility index (Phi) is 2.35. The molecule has 84 valence electrons. The van der Waals surface area contributed by atoms with Gasteiger partial charge in [0, 0.05) is 0 Å². The fourth-order valence-corrected chi connectivity index (χ4v) is 3.45. The Morgan fingerprint density at radius 1 is 1.31 bits per heavy atom. The summed E-state index contributed by atoms with van der Waals surface area (Å²) in [6.45, 7) is 1.24. The van der Waals surface area contributed by atoms with Gasteiger partial charge in [-0.05, 0) is 24.6 Å². The zero-order chi connectivity index (χ0) is 11.9. The van der Waals surface area contributed by atoms with E-state index < -0.39 is 15.6 Å². The Bertz CT molecular complexity index is 596. The standard InChI is InChI=1S/C11H10O4S/c1-7(12)10-6-8-4-3-5-9(15-2)11(8)16(10,13)14/h3-6H,1-2H3. The maximum atomic E-state index is 12.0. The lowest BCUT2D eigenvalue weighted by molar-refractivity contribution is -0.112. The molecule has 0 fully saturated rings. The van der Waals surface area contributed by atoms with Crippen LogP contribution in [0, 0.1) is 0 Å². The van der Waals surface area contributed by atoms with E-state index in [1.165, 1.54) is 20.1 Å². The first-order valence-electron chi connectivity index (χ1n) is 4.63. The predicted octanol–water partition coefficient (Wildman–Crippen LogP) is 1.41. The van der Waals surface area contributed by atoms with Crippen LogP contribution in [0.3, 0.4) is 0 Å². The minimum atomic E-state index is -3.70. The van der Waals surface area contributed by atoms with Gasteiger partial charge in [0.05, 0.1) is 7.11 Å². The number of methoxy groups -OCH3 is 1. The average molecular weight is 238 g/mol. The normalized spacial score (nSPS) is 16.5. The molecule has 16 heavy (non-hydrogen) atoms. The van der Waals surface area contributed by atoms with Gasteiger partial charge in [0.2, 0.25) is 9.84 Å². The van der Waals surface area contributed by atoms with Gasteiger partial charge in [-0.1, -0.05) is 12.1 Å². The van der Waals surface area contributed by atoms with E-state index in [-0.39, 0.29) is 15.6 Å². The lowest BCUT2D eigenvalue weighted by atomic mass is 10.2. The third kappa shape index (κ3) is 1.36. The highest BCUT2D eigenvalue weighted by Gasteiger charge is 2.35. The Balaban J connectivity index is 2.76. The van der Waals surface area contributed by atoms with Crippen LogP contribution in [-0.2, 0) is 14.6 Å². The van der Waals surface area contributed by atoms with Crippen LogP contribution in [0.15, 0.2) is 28.0 Å². The number of ether oxygens (including phenoxy) is 1. The Labute approximate surface area is 93.5 Å². The van der Waals surface area contributed by atoms with E-state index in [4.69, 9.17) is 4.74 Å². The number of allylic oxidation sites excluding steroid dienone is 1. The third-order valence-corrected chi connectivity index (χ3v) is 4.38. The van der Waals surface area contributed by atoms with Gasteiger partial charge >= 0.3 is 0 Å². The highest BCUT2D eigenvalue weighted by atomic mass is 32.2. The maximum Gasteiger partial charge on any atom is 0.214 e. The zero-order valence-electron chi connectivity index (χ0n) is 8.85. The minimum Gasteiger partial charge on any atom is -0.495 e. The Morgan fingerprint density at radius 3 is 2.56 bits per heavy atom. The molecule has 0 unspecified atom stereocenters. The van der Waals surface area contributed by atoms with Crippen molar-refractivity contribution in [3.8, 4) is 5.75 Å². The van der Waals surface area contributed by atoms with E-state index in [0.717, 1.165) is 0 Å². The first kappa shape index (κ1) is 10.9. The second kappa shape index (κ2) is 3.45. The second-order valence-electron chi connectivity index (χ2n) is 3.45. The average Bonchev–Trinajstić information content (AvgIpc) is 2.51. The molecule has 1 aliphatic heterocycles. The van der Waals surface area contributed by atoms with Crippen molar-refractivity contribution in [2.75, 3.05) is 7.11 Å². The second-order valence-corrected chi connectivity index (χ2v) is 5.30. The van der Waals surface area contributed by atoms with Crippen molar-refractivity contribution in [1.82, 2.24) is 0 Å². The summed E-state index contributed by atoms with van der Waals surface area (Å²) < 4.78 is 29.1. The van der Waals surface area contributed by atoms with E-state index in [0.29, 0.717) is 5.56 Å². The van der Waals surface area contributed by atoms with Crippen LogP contribution < -0.4 is 4.74 Å². The van der Waals surface area contributed by atoms with E-state index in [9.17, 15) is 13.2 Å². The lowest BCUT2D eigenvalue weighted by Gasteiger charge is -2.06. The van der Waals surface area contributed by atoms with Gasteiger partial charge in [-0.2, -0.15) is 0 Å². The Hall–Kier alpha value is -1.62. The SMILES string of the molecule is COc1cccc2c1S(=O)(=O)C(C(C)=O)=C2. The molecule has 0 saturated heterocycles. The fraction of sp³-hybridized carbons (Fsp3) is 0.182. The highest BCUT2D eigenvalue weighted by molar-refractivity contribution is 7.97. The highest BCUT2D eigenvalue weighted by Crippen LogP contribution is 2.39. The quantitative estimate of drug-likeness (QED) is 0.781. The molecule has 0 aromatic heterocycles. The van der Waals surface area contributed by atoms with Crippen molar-refractivity contribution in [2.45, 2.75) is 11.8 Å². The van der Waals surface area contributed by atoms with Crippen molar-refractivity contribution < 1.29 is 17.9 Å². The number of Topliss-reactive ketones (excluding diaryl/α,β-unsaturated/α-hetero) is 1. The van der Waals surface area contributed by atoms with Crippen molar-refractivity contribution in [3.05, 3.63) is 28.7 Å². The first-order valence-corrected chi connectivity index (χ1v) is 6.11. The molecule has 0 radical (unpaired) electrons. The molecule has 1 heterocycles. The summed E-state index contributed by atoms with van der Waals surface area (Å²) >= 11 is 0. The van der Waals surface area contributed by atoms with Crippen LogP contribution in [0.5, 0.6) is 5.75 Å². The maximum absolute atomic E-state index is 12.0. The van der Waals surface area contributed by atoms with Crippen molar-refractivity contribution >= 4 is 21.7 Å². The number of ketones is 1. The summed E-state index contributed by atoms with van der Waals surface area (Å²) in [5, 5.41) is 0.